The Bertz CT molecular complexity index is 806. The van der Waals surface area contributed by atoms with Crippen molar-refractivity contribution in [2.45, 2.75) is 32.0 Å². The molecule has 0 radical (unpaired) electrons. The van der Waals surface area contributed by atoms with Gasteiger partial charge in [-0.3, -0.25) is 4.48 Å². The van der Waals surface area contributed by atoms with Crippen LogP contribution in [-0.2, 0) is 6.54 Å². The summed E-state index contributed by atoms with van der Waals surface area (Å²) in [4.78, 5) is 0. The number of fused-ring (bicyclic) bond motifs is 1. The monoisotopic (exact) mass is 339 g/mol. The molecule has 2 aromatic rings. The molecule has 3 nitrogen and oxygen atoms in total. The van der Waals surface area contributed by atoms with Crippen molar-refractivity contribution < 1.29 is 9.22 Å². The van der Waals surface area contributed by atoms with E-state index in [2.05, 4.69) is 30.3 Å². The van der Waals surface area contributed by atoms with Crippen LogP contribution in [0.15, 0.2) is 42.5 Å². The zero-order chi connectivity index (χ0) is 16.6. The Labute approximate surface area is 147 Å². The average Bonchev–Trinajstić information content (AvgIpc) is 2.90. The topological polar surface area (TPSA) is 33.0 Å². The first-order chi connectivity index (χ1) is 11.7. The second-order valence-electron chi connectivity index (χ2n) is 6.81. The molecule has 2 aliphatic rings. The lowest BCUT2D eigenvalue weighted by molar-refractivity contribution is -0.983. The molecule has 0 aromatic heterocycles. The van der Waals surface area contributed by atoms with Crippen molar-refractivity contribution in [2.75, 3.05) is 13.1 Å². The van der Waals surface area contributed by atoms with Crippen molar-refractivity contribution in [1.29, 1.82) is 5.26 Å². The van der Waals surface area contributed by atoms with Crippen LogP contribution >= 0.6 is 11.6 Å². The molecule has 2 aliphatic heterocycles. The van der Waals surface area contributed by atoms with Crippen molar-refractivity contribution in [1.82, 2.24) is 0 Å². The predicted molar refractivity (Wildman–Crippen MR) is 93.5 cm³/mol. The third kappa shape index (κ3) is 2.56. The van der Waals surface area contributed by atoms with Crippen LogP contribution in [0.4, 0.5) is 0 Å². The van der Waals surface area contributed by atoms with E-state index in [4.69, 9.17) is 21.6 Å². The zero-order valence-corrected chi connectivity index (χ0v) is 14.3. The quantitative estimate of drug-likeness (QED) is 0.736. The van der Waals surface area contributed by atoms with Gasteiger partial charge in [0.05, 0.1) is 35.3 Å². The van der Waals surface area contributed by atoms with Gasteiger partial charge in [-0.1, -0.05) is 29.8 Å². The van der Waals surface area contributed by atoms with Crippen molar-refractivity contribution in [3.05, 3.63) is 64.2 Å². The van der Waals surface area contributed by atoms with Crippen molar-refractivity contribution in [3.8, 4) is 11.8 Å². The van der Waals surface area contributed by atoms with E-state index < -0.39 is 0 Å². The summed E-state index contributed by atoms with van der Waals surface area (Å²) in [6.45, 7) is 3.33. The number of quaternary nitrogens is 1. The Balaban J connectivity index is 1.72. The maximum Gasteiger partial charge on any atom is 0.261 e. The molecule has 0 N–H and O–H groups in total. The number of rotatable bonds is 2. The van der Waals surface area contributed by atoms with E-state index >= 15 is 0 Å². The minimum absolute atomic E-state index is 0.00747. The second kappa shape index (κ2) is 6.12. The molecule has 122 valence electrons. The minimum Gasteiger partial charge on any atom is -0.437 e. The molecule has 2 aromatic carbocycles. The van der Waals surface area contributed by atoms with Crippen LogP contribution in [0.25, 0.3) is 0 Å². The molecule has 0 aliphatic carbocycles. The van der Waals surface area contributed by atoms with E-state index in [1.807, 2.05) is 6.07 Å². The van der Waals surface area contributed by atoms with Crippen LogP contribution in [0.2, 0.25) is 5.02 Å². The maximum atomic E-state index is 9.01. The van der Waals surface area contributed by atoms with Crippen LogP contribution in [0.3, 0.4) is 0 Å². The number of nitrogens with zero attached hydrogens (tertiary/aromatic N) is 2. The van der Waals surface area contributed by atoms with E-state index in [1.165, 1.54) is 30.4 Å². The van der Waals surface area contributed by atoms with E-state index in [0.29, 0.717) is 16.3 Å². The van der Waals surface area contributed by atoms with E-state index in [-0.39, 0.29) is 6.23 Å². The summed E-state index contributed by atoms with van der Waals surface area (Å²) >= 11 is 6.36. The summed E-state index contributed by atoms with van der Waals surface area (Å²) in [6, 6.07) is 16.0. The number of hydrogen-bond donors (Lipinski definition) is 0. The molecule has 0 bridgehead atoms. The van der Waals surface area contributed by atoms with Crippen molar-refractivity contribution in [2.24, 2.45) is 0 Å². The number of halogens is 1. The molecule has 0 saturated carbocycles. The summed E-state index contributed by atoms with van der Waals surface area (Å²) < 4.78 is 7.42. The highest BCUT2D eigenvalue weighted by molar-refractivity contribution is 6.32. The fourth-order valence-electron chi connectivity index (χ4n) is 4.13. The van der Waals surface area contributed by atoms with Crippen LogP contribution in [-0.4, -0.2) is 17.6 Å². The molecule has 1 fully saturated rings. The second-order valence-corrected chi connectivity index (χ2v) is 7.22. The number of piperidine rings is 1. The summed E-state index contributed by atoms with van der Waals surface area (Å²) in [5, 5.41) is 9.52. The highest BCUT2D eigenvalue weighted by atomic mass is 35.5. The molecular weight excluding hydrogens is 320 g/mol. The normalized spacial score (nSPS) is 21.2. The Morgan fingerprint density at radius 2 is 1.88 bits per heavy atom. The Kier molecular flexibility index (Phi) is 3.96. The van der Waals surface area contributed by atoms with Gasteiger partial charge >= 0.3 is 0 Å². The molecule has 4 heteroatoms. The SMILES string of the molecule is N#Cc1ccc(OC2c3ccccc3C[N+]23CCCCC3)c(Cl)c1. The Morgan fingerprint density at radius 1 is 1.08 bits per heavy atom. The third-order valence-electron chi connectivity index (χ3n) is 5.31. The predicted octanol–water partition coefficient (Wildman–Crippen LogP) is 4.80. The van der Waals surface area contributed by atoms with Gasteiger partial charge in [-0.2, -0.15) is 5.26 Å². The van der Waals surface area contributed by atoms with Gasteiger partial charge in [0, 0.05) is 5.56 Å². The van der Waals surface area contributed by atoms with Gasteiger partial charge in [0.2, 0.25) is 0 Å². The smallest absolute Gasteiger partial charge is 0.261 e. The standard InChI is InChI=1S/C20H20ClN2O/c21-18-12-15(13-22)8-9-19(18)24-20-17-7-3-2-6-16(17)14-23(20)10-4-1-5-11-23/h2-3,6-9,12,20H,1,4-5,10-11,14H2/q+1. The summed E-state index contributed by atoms with van der Waals surface area (Å²) in [5.74, 6) is 0.667. The van der Waals surface area contributed by atoms with E-state index in [9.17, 15) is 0 Å². The lowest BCUT2D eigenvalue weighted by atomic mass is 10.1. The Hall–Kier alpha value is -2.02. The molecule has 2 heterocycles. The first kappa shape index (κ1) is 15.5. The average molecular weight is 340 g/mol. The molecule has 4 rings (SSSR count). The zero-order valence-electron chi connectivity index (χ0n) is 13.5. The molecule has 1 atom stereocenters. The number of hydrogen-bond acceptors (Lipinski definition) is 2. The molecule has 1 unspecified atom stereocenters. The fourth-order valence-corrected chi connectivity index (χ4v) is 4.36. The van der Waals surface area contributed by atoms with Gasteiger partial charge in [0.25, 0.3) is 6.23 Å². The summed E-state index contributed by atoms with van der Waals surface area (Å²) in [5.41, 5.74) is 3.22. The van der Waals surface area contributed by atoms with Gasteiger partial charge in [0.15, 0.2) is 0 Å². The lowest BCUT2D eigenvalue weighted by Gasteiger charge is -2.42. The maximum absolute atomic E-state index is 9.01. The van der Waals surface area contributed by atoms with Gasteiger partial charge in [-0.15, -0.1) is 0 Å². The first-order valence-corrected chi connectivity index (χ1v) is 8.89. The number of ether oxygens (including phenoxy) is 1. The molecule has 24 heavy (non-hydrogen) atoms. The highest BCUT2D eigenvalue weighted by Gasteiger charge is 2.47. The van der Waals surface area contributed by atoms with E-state index in [0.717, 1.165) is 24.1 Å². The summed E-state index contributed by atoms with van der Waals surface area (Å²) in [7, 11) is 0. The largest absolute Gasteiger partial charge is 0.437 e. The molecule has 1 spiro atoms. The lowest BCUT2D eigenvalue weighted by Crippen LogP contribution is -2.51. The molecule has 0 amide bonds. The first-order valence-electron chi connectivity index (χ1n) is 8.52. The molecular formula is C20H20ClN2O+. The van der Waals surface area contributed by atoms with Crippen molar-refractivity contribution in [3.63, 3.8) is 0 Å². The number of nitriles is 1. The third-order valence-corrected chi connectivity index (χ3v) is 5.61. The summed E-state index contributed by atoms with van der Waals surface area (Å²) in [6.07, 6.45) is 3.79. The minimum atomic E-state index is -0.00747. The van der Waals surface area contributed by atoms with Crippen LogP contribution in [0, 0.1) is 11.3 Å². The van der Waals surface area contributed by atoms with Gasteiger partial charge in [0.1, 0.15) is 12.3 Å². The van der Waals surface area contributed by atoms with E-state index in [1.54, 1.807) is 12.1 Å². The van der Waals surface area contributed by atoms with Crippen LogP contribution < -0.4 is 4.74 Å². The Morgan fingerprint density at radius 3 is 2.62 bits per heavy atom. The fraction of sp³-hybridized carbons (Fsp3) is 0.350. The van der Waals surface area contributed by atoms with Gasteiger partial charge in [-0.25, -0.2) is 0 Å². The van der Waals surface area contributed by atoms with Crippen LogP contribution in [0.1, 0.15) is 42.2 Å². The highest BCUT2D eigenvalue weighted by Crippen LogP contribution is 2.45. The van der Waals surface area contributed by atoms with Gasteiger partial charge < -0.3 is 4.74 Å². The molecule has 1 saturated heterocycles. The van der Waals surface area contributed by atoms with Crippen molar-refractivity contribution >= 4 is 11.6 Å². The van der Waals surface area contributed by atoms with Gasteiger partial charge in [-0.05, 0) is 43.5 Å². The number of benzene rings is 2. The van der Waals surface area contributed by atoms with Crippen LogP contribution in [0.5, 0.6) is 5.75 Å².